The largest absolute Gasteiger partial charge is 0.462 e. The SMILES string of the molecule is CCCCCCC/C=C\C/C=C\C/C=C\CCCCCCCCCCCCCCCCCCCCC(=O)OCC(COC(=O)CCCCCCCCCCCCCCCC)OC(=O)CCCCCCCCCCCCCCCCCCCC. The molecule has 0 bridgehead atoms. The molecule has 0 amide bonds. The van der Waals surface area contributed by atoms with Crippen LogP contribution in [0.3, 0.4) is 0 Å². The van der Waals surface area contributed by atoms with Gasteiger partial charge in [-0.15, -0.1) is 0 Å². The van der Waals surface area contributed by atoms with E-state index >= 15 is 0 Å². The Morgan fingerprint density at radius 3 is 0.675 bits per heavy atom. The van der Waals surface area contributed by atoms with Gasteiger partial charge in [-0.2, -0.15) is 0 Å². The Kier molecular flexibility index (Phi) is 70.0. The highest BCUT2D eigenvalue weighted by Gasteiger charge is 2.20. The molecule has 0 spiro atoms. The second-order valence-electron chi connectivity index (χ2n) is 25.6. The Morgan fingerprint density at radius 1 is 0.241 bits per heavy atom. The lowest BCUT2D eigenvalue weighted by Gasteiger charge is -2.18. The van der Waals surface area contributed by atoms with Gasteiger partial charge in [0, 0.05) is 19.3 Å². The van der Waals surface area contributed by atoms with E-state index < -0.39 is 6.10 Å². The molecule has 0 aromatic heterocycles. The molecule has 0 fully saturated rings. The van der Waals surface area contributed by atoms with Crippen LogP contribution in [0, 0.1) is 0 Å². The molecule has 83 heavy (non-hydrogen) atoms. The van der Waals surface area contributed by atoms with Gasteiger partial charge in [0.05, 0.1) is 0 Å². The van der Waals surface area contributed by atoms with Crippen LogP contribution >= 0.6 is 0 Å². The molecule has 0 aliphatic rings. The van der Waals surface area contributed by atoms with Crippen LogP contribution in [0.2, 0.25) is 0 Å². The number of carbonyl (C=O) groups is 3. The maximum atomic E-state index is 13.0. The Balaban J connectivity index is 4.13. The number of ether oxygens (including phenoxy) is 3. The monoisotopic (exact) mass is 1170 g/mol. The minimum Gasteiger partial charge on any atom is -0.462 e. The normalized spacial score (nSPS) is 12.2. The molecule has 0 radical (unpaired) electrons. The van der Waals surface area contributed by atoms with Crippen LogP contribution in [0.1, 0.15) is 419 Å². The third kappa shape index (κ3) is 70.3. The van der Waals surface area contributed by atoms with Crippen LogP contribution in [-0.4, -0.2) is 37.2 Å². The van der Waals surface area contributed by atoms with Gasteiger partial charge in [0.2, 0.25) is 0 Å². The van der Waals surface area contributed by atoms with Gasteiger partial charge in [-0.25, -0.2) is 0 Å². The van der Waals surface area contributed by atoms with E-state index in [9.17, 15) is 14.4 Å². The Morgan fingerprint density at radius 2 is 0.434 bits per heavy atom. The van der Waals surface area contributed by atoms with Crippen molar-refractivity contribution in [3.63, 3.8) is 0 Å². The van der Waals surface area contributed by atoms with Gasteiger partial charge < -0.3 is 14.2 Å². The van der Waals surface area contributed by atoms with Gasteiger partial charge in [0.15, 0.2) is 6.10 Å². The summed E-state index contributed by atoms with van der Waals surface area (Å²) in [6.07, 6.45) is 90.5. The molecule has 1 unspecified atom stereocenters. The van der Waals surface area contributed by atoms with E-state index in [4.69, 9.17) is 14.2 Å². The van der Waals surface area contributed by atoms with Crippen molar-refractivity contribution < 1.29 is 28.6 Å². The minimum atomic E-state index is -0.767. The van der Waals surface area contributed by atoms with Crippen LogP contribution in [0.15, 0.2) is 36.5 Å². The summed E-state index contributed by atoms with van der Waals surface area (Å²) in [5, 5.41) is 0. The number of hydrogen-bond acceptors (Lipinski definition) is 6. The highest BCUT2D eigenvalue weighted by atomic mass is 16.6. The molecule has 6 nitrogen and oxygen atoms in total. The van der Waals surface area contributed by atoms with Crippen LogP contribution in [0.5, 0.6) is 0 Å². The Hall–Kier alpha value is -2.37. The standard InChI is InChI=1S/C77H144O6/c1-4-7-10-13-16-19-22-25-28-30-32-33-34-35-36-37-38-39-40-41-42-43-44-45-46-48-49-52-55-58-61-64-67-70-76(79)82-73-74(72-81-75(78)69-66-63-60-57-54-51-27-24-21-18-15-12-9-6-3)83-77(80)71-68-65-62-59-56-53-50-47-31-29-26-23-20-17-14-11-8-5-2/h22,25,30,32,34-35,74H,4-21,23-24,26-29,31,33,36-73H2,1-3H3/b25-22-,32-30-,35-34-. The predicted molar refractivity (Wildman–Crippen MR) is 362 cm³/mol. The summed E-state index contributed by atoms with van der Waals surface area (Å²) >= 11 is 0. The molecule has 0 aliphatic heterocycles. The molecule has 0 aromatic rings. The maximum Gasteiger partial charge on any atom is 0.306 e. The summed E-state index contributed by atoms with van der Waals surface area (Å²) in [5.74, 6) is -0.828. The molecule has 488 valence electrons. The van der Waals surface area contributed by atoms with Gasteiger partial charge in [-0.1, -0.05) is 378 Å². The lowest BCUT2D eigenvalue weighted by molar-refractivity contribution is -0.167. The average molecular weight is 1170 g/mol. The van der Waals surface area contributed by atoms with E-state index in [0.29, 0.717) is 19.3 Å². The molecular formula is C77H144O6. The number of esters is 3. The highest BCUT2D eigenvalue weighted by Crippen LogP contribution is 2.19. The van der Waals surface area contributed by atoms with Crippen molar-refractivity contribution in [3.05, 3.63) is 36.5 Å². The van der Waals surface area contributed by atoms with E-state index in [2.05, 4.69) is 57.2 Å². The summed E-state index contributed by atoms with van der Waals surface area (Å²) in [6, 6.07) is 0. The fourth-order valence-electron chi connectivity index (χ4n) is 11.5. The quantitative estimate of drug-likeness (QED) is 0.0261. The van der Waals surface area contributed by atoms with Crippen LogP contribution in [-0.2, 0) is 28.6 Å². The number of allylic oxidation sites excluding steroid dienone is 6. The van der Waals surface area contributed by atoms with Crippen molar-refractivity contribution in [2.75, 3.05) is 13.2 Å². The Bertz CT molecular complexity index is 1380. The molecule has 0 heterocycles. The van der Waals surface area contributed by atoms with Gasteiger partial charge in [-0.05, 0) is 57.8 Å². The first-order valence-electron chi connectivity index (χ1n) is 37.5. The number of rotatable bonds is 70. The first-order chi connectivity index (χ1) is 41.0. The average Bonchev–Trinajstić information content (AvgIpc) is 3.49. The first-order valence-corrected chi connectivity index (χ1v) is 37.5. The summed E-state index contributed by atoms with van der Waals surface area (Å²) in [5.41, 5.74) is 0. The van der Waals surface area contributed by atoms with Gasteiger partial charge in [-0.3, -0.25) is 14.4 Å². The zero-order chi connectivity index (χ0) is 59.9. The highest BCUT2D eigenvalue weighted by molar-refractivity contribution is 5.71. The van der Waals surface area contributed by atoms with E-state index in [0.717, 1.165) is 70.6 Å². The smallest absolute Gasteiger partial charge is 0.306 e. The molecule has 0 saturated carbocycles. The van der Waals surface area contributed by atoms with Crippen molar-refractivity contribution in [3.8, 4) is 0 Å². The second-order valence-corrected chi connectivity index (χ2v) is 25.6. The van der Waals surface area contributed by atoms with E-state index in [1.54, 1.807) is 0 Å². The van der Waals surface area contributed by atoms with Crippen molar-refractivity contribution in [2.45, 2.75) is 425 Å². The van der Waals surface area contributed by atoms with Crippen LogP contribution in [0.4, 0.5) is 0 Å². The third-order valence-corrected chi connectivity index (χ3v) is 17.1. The topological polar surface area (TPSA) is 78.9 Å². The summed E-state index contributed by atoms with van der Waals surface area (Å²) in [7, 11) is 0. The fourth-order valence-corrected chi connectivity index (χ4v) is 11.5. The molecular weight excluding hydrogens is 1020 g/mol. The van der Waals surface area contributed by atoms with Crippen LogP contribution < -0.4 is 0 Å². The number of unbranched alkanes of at least 4 members (excludes halogenated alkanes) is 53. The van der Waals surface area contributed by atoms with Gasteiger partial charge in [0.25, 0.3) is 0 Å². The lowest BCUT2D eigenvalue weighted by Crippen LogP contribution is -2.30. The molecule has 0 aromatic carbocycles. The third-order valence-electron chi connectivity index (χ3n) is 17.1. The molecule has 0 N–H and O–H groups in total. The second kappa shape index (κ2) is 72.1. The lowest BCUT2D eigenvalue weighted by atomic mass is 10.0. The molecule has 0 saturated heterocycles. The van der Waals surface area contributed by atoms with Gasteiger partial charge in [0.1, 0.15) is 13.2 Å². The number of hydrogen-bond donors (Lipinski definition) is 0. The molecule has 0 rings (SSSR count). The molecule has 1 atom stereocenters. The van der Waals surface area contributed by atoms with Crippen molar-refractivity contribution in [2.24, 2.45) is 0 Å². The van der Waals surface area contributed by atoms with E-state index in [1.165, 1.54) is 308 Å². The molecule has 0 aliphatic carbocycles. The first kappa shape index (κ1) is 80.6. The zero-order valence-electron chi connectivity index (χ0n) is 56.2. The number of carbonyl (C=O) groups excluding carboxylic acids is 3. The van der Waals surface area contributed by atoms with Gasteiger partial charge >= 0.3 is 17.9 Å². The Labute approximate surface area is 518 Å². The maximum absolute atomic E-state index is 13.0. The fraction of sp³-hybridized carbons (Fsp3) is 0.883. The van der Waals surface area contributed by atoms with Crippen LogP contribution in [0.25, 0.3) is 0 Å². The van der Waals surface area contributed by atoms with E-state index in [-0.39, 0.29) is 31.1 Å². The molecule has 6 heteroatoms. The predicted octanol–water partition coefficient (Wildman–Crippen LogP) is 25.9. The summed E-state index contributed by atoms with van der Waals surface area (Å²) < 4.78 is 17.0. The zero-order valence-corrected chi connectivity index (χ0v) is 56.2. The van der Waals surface area contributed by atoms with Crippen molar-refractivity contribution in [1.82, 2.24) is 0 Å². The minimum absolute atomic E-state index is 0.0638. The summed E-state index contributed by atoms with van der Waals surface area (Å²) in [6.45, 7) is 6.71. The summed E-state index contributed by atoms with van der Waals surface area (Å²) in [4.78, 5) is 38.5. The van der Waals surface area contributed by atoms with E-state index in [1.807, 2.05) is 0 Å². The van der Waals surface area contributed by atoms with Crippen molar-refractivity contribution in [1.29, 1.82) is 0 Å². The van der Waals surface area contributed by atoms with Crippen molar-refractivity contribution >= 4 is 17.9 Å².